The van der Waals surface area contributed by atoms with Crippen LogP contribution in [0.25, 0.3) is 0 Å². The van der Waals surface area contributed by atoms with E-state index in [9.17, 15) is 5.11 Å². The van der Waals surface area contributed by atoms with Crippen LogP contribution in [0.3, 0.4) is 0 Å². The molecule has 2 rings (SSSR count). The van der Waals surface area contributed by atoms with Crippen molar-refractivity contribution in [1.82, 2.24) is 4.90 Å². The minimum Gasteiger partial charge on any atom is -0.391 e. The third kappa shape index (κ3) is 3.83. The second-order valence-corrected chi connectivity index (χ2v) is 5.71. The van der Waals surface area contributed by atoms with Crippen LogP contribution in [0.1, 0.15) is 17.0 Å². The summed E-state index contributed by atoms with van der Waals surface area (Å²) >= 11 is 6.09. The zero-order chi connectivity index (χ0) is 14.5. The number of aliphatic hydroxyl groups excluding tert-OH is 1. The molecule has 0 saturated heterocycles. The molecule has 0 unspecified atom stereocenters. The Balaban J connectivity index is 2.39. The molecule has 2 aromatic rings. The first-order valence-corrected chi connectivity index (χ1v) is 7.09. The molecule has 0 aliphatic heterocycles. The van der Waals surface area contributed by atoms with E-state index >= 15 is 0 Å². The Morgan fingerprint density at radius 1 is 1.00 bits per heavy atom. The Morgan fingerprint density at radius 2 is 1.65 bits per heavy atom. The highest BCUT2D eigenvalue weighted by molar-refractivity contribution is 6.30. The lowest BCUT2D eigenvalue weighted by Crippen LogP contribution is -2.31. The molecule has 0 radical (unpaired) electrons. The second-order valence-electron chi connectivity index (χ2n) is 5.27. The third-order valence-corrected chi connectivity index (χ3v) is 3.54. The van der Waals surface area contributed by atoms with Gasteiger partial charge in [0.25, 0.3) is 0 Å². The molecule has 0 aliphatic rings. The highest BCUT2D eigenvalue weighted by atomic mass is 35.5. The SMILES string of the molecule is CN(C)C[C@@H](O)[C@@H](c1ccccc1)c1cccc(Cl)c1. The summed E-state index contributed by atoms with van der Waals surface area (Å²) in [5.74, 6) is -0.0719. The van der Waals surface area contributed by atoms with Crippen molar-refractivity contribution in [1.29, 1.82) is 0 Å². The van der Waals surface area contributed by atoms with Gasteiger partial charge in [-0.2, -0.15) is 0 Å². The third-order valence-electron chi connectivity index (χ3n) is 3.30. The van der Waals surface area contributed by atoms with E-state index in [0.29, 0.717) is 11.6 Å². The summed E-state index contributed by atoms with van der Waals surface area (Å²) in [6, 6.07) is 17.8. The predicted molar refractivity (Wildman–Crippen MR) is 84.3 cm³/mol. The number of aliphatic hydroxyl groups is 1. The van der Waals surface area contributed by atoms with Crippen LogP contribution < -0.4 is 0 Å². The van der Waals surface area contributed by atoms with Crippen LogP contribution in [-0.2, 0) is 0 Å². The monoisotopic (exact) mass is 289 g/mol. The van der Waals surface area contributed by atoms with Crippen molar-refractivity contribution in [2.45, 2.75) is 12.0 Å². The zero-order valence-corrected chi connectivity index (χ0v) is 12.6. The highest BCUT2D eigenvalue weighted by Crippen LogP contribution is 2.30. The molecule has 0 aliphatic carbocycles. The Kier molecular flexibility index (Phi) is 5.18. The van der Waals surface area contributed by atoms with Gasteiger partial charge in [0.1, 0.15) is 0 Å². The number of halogens is 1. The molecule has 20 heavy (non-hydrogen) atoms. The minimum atomic E-state index is -0.481. The van der Waals surface area contributed by atoms with Gasteiger partial charge in [0.2, 0.25) is 0 Å². The molecule has 0 heterocycles. The van der Waals surface area contributed by atoms with E-state index < -0.39 is 6.10 Å². The molecule has 2 aromatic carbocycles. The molecule has 0 spiro atoms. The van der Waals surface area contributed by atoms with Gasteiger partial charge in [0.15, 0.2) is 0 Å². The summed E-state index contributed by atoms with van der Waals surface area (Å²) in [6.45, 7) is 0.603. The lowest BCUT2D eigenvalue weighted by Gasteiger charge is -2.26. The first-order chi connectivity index (χ1) is 9.58. The maximum atomic E-state index is 10.6. The van der Waals surface area contributed by atoms with Crippen molar-refractivity contribution in [3.63, 3.8) is 0 Å². The molecule has 0 amide bonds. The Bertz CT molecular complexity index is 542. The molecule has 1 N–H and O–H groups in total. The maximum absolute atomic E-state index is 10.6. The number of likely N-dealkylation sites (N-methyl/N-ethyl adjacent to an activating group) is 1. The number of rotatable bonds is 5. The van der Waals surface area contributed by atoms with Gasteiger partial charge in [-0.3, -0.25) is 0 Å². The quantitative estimate of drug-likeness (QED) is 0.912. The van der Waals surface area contributed by atoms with Crippen molar-refractivity contribution >= 4 is 11.6 Å². The fourth-order valence-corrected chi connectivity index (χ4v) is 2.68. The first-order valence-electron chi connectivity index (χ1n) is 6.71. The average molecular weight is 290 g/mol. The molecule has 0 aromatic heterocycles. The highest BCUT2D eigenvalue weighted by Gasteiger charge is 2.23. The van der Waals surface area contributed by atoms with E-state index in [2.05, 4.69) is 0 Å². The van der Waals surface area contributed by atoms with Crippen LogP contribution in [0.2, 0.25) is 5.02 Å². The summed E-state index contributed by atoms with van der Waals surface area (Å²) in [6.07, 6.45) is -0.481. The summed E-state index contributed by atoms with van der Waals surface area (Å²) in [7, 11) is 3.92. The maximum Gasteiger partial charge on any atom is 0.0775 e. The summed E-state index contributed by atoms with van der Waals surface area (Å²) < 4.78 is 0. The molecule has 3 heteroatoms. The summed E-state index contributed by atoms with van der Waals surface area (Å²) in [5, 5.41) is 11.3. The Labute approximate surface area is 125 Å². The fourth-order valence-electron chi connectivity index (χ4n) is 2.48. The Morgan fingerprint density at radius 3 is 2.25 bits per heavy atom. The van der Waals surface area contributed by atoms with E-state index in [-0.39, 0.29) is 5.92 Å². The fraction of sp³-hybridized carbons (Fsp3) is 0.294. The van der Waals surface area contributed by atoms with Crippen LogP contribution in [0.15, 0.2) is 54.6 Å². The van der Waals surface area contributed by atoms with E-state index in [0.717, 1.165) is 11.1 Å². The smallest absolute Gasteiger partial charge is 0.0775 e. The van der Waals surface area contributed by atoms with Gasteiger partial charge in [-0.15, -0.1) is 0 Å². The van der Waals surface area contributed by atoms with Gasteiger partial charge < -0.3 is 10.0 Å². The average Bonchev–Trinajstić information content (AvgIpc) is 2.39. The van der Waals surface area contributed by atoms with E-state index in [4.69, 9.17) is 11.6 Å². The van der Waals surface area contributed by atoms with Crippen LogP contribution in [0.4, 0.5) is 0 Å². The number of hydrogen-bond acceptors (Lipinski definition) is 2. The largest absolute Gasteiger partial charge is 0.391 e. The minimum absolute atomic E-state index is 0.0719. The van der Waals surface area contributed by atoms with E-state index in [1.54, 1.807) is 0 Å². The number of nitrogens with zero attached hydrogens (tertiary/aromatic N) is 1. The number of benzene rings is 2. The normalized spacial score (nSPS) is 14.2. The Hall–Kier alpha value is -1.35. The van der Waals surface area contributed by atoms with Crippen molar-refractivity contribution in [2.75, 3.05) is 20.6 Å². The van der Waals surface area contributed by atoms with Gasteiger partial charge in [-0.25, -0.2) is 0 Å². The zero-order valence-electron chi connectivity index (χ0n) is 11.8. The lowest BCUT2D eigenvalue weighted by atomic mass is 9.86. The van der Waals surface area contributed by atoms with E-state index in [1.165, 1.54) is 0 Å². The molecular weight excluding hydrogens is 270 g/mol. The first kappa shape index (κ1) is 15.0. The van der Waals surface area contributed by atoms with Crippen molar-refractivity contribution in [2.24, 2.45) is 0 Å². The van der Waals surface area contributed by atoms with Gasteiger partial charge >= 0.3 is 0 Å². The van der Waals surface area contributed by atoms with Crippen molar-refractivity contribution in [3.05, 3.63) is 70.7 Å². The predicted octanol–water partition coefficient (Wildman–Crippen LogP) is 3.39. The lowest BCUT2D eigenvalue weighted by molar-refractivity contribution is 0.121. The van der Waals surface area contributed by atoms with Crippen molar-refractivity contribution < 1.29 is 5.11 Å². The van der Waals surface area contributed by atoms with Crippen LogP contribution >= 0.6 is 11.6 Å². The molecule has 2 atom stereocenters. The summed E-state index contributed by atoms with van der Waals surface area (Å²) in [5.41, 5.74) is 2.14. The summed E-state index contributed by atoms with van der Waals surface area (Å²) in [4.78, 5) is 1.99. The number of hydrogen-bond donors (Lipinski definition) is 1. The van der Waals surface area contributed by atoms with Gasteiger partial charge in [-0.05, 0) is 37.4 Å². The molecule has 106 valence electrons. The van der Waals surface area contributed by atoms with Crippen molar-refractivity contribution in [3.8, 4) is 0 Å². The van der Waals surface area contributed by atoms with Gasteiger partial charge in [-0.1, -0.05) is 54.1 Å². The molecular formula is C17H20ClNO. The molecule has 0 fully saturated rings. The van der Waals surface area contributed by atoms with Crippen LogP contribution in [0, 0.1) is 0 Å². The van der Waals surface area contributed by atoms with E-state index in [1.807, 2.05) is 73.6 Å². The van der Waals surface area contributed by atoms with Crippen LogP contribution in [-0.4, -0.2) is 36.8 Å². The molecule has 2 nitrogen and oxygen atoms in total. The molecule has 0 saturated carbocycles. The van der Waals surface area contributed by atoms with Gasteiger partial charge in [0.05, 0.1) is 6.10 Å². The van der Waals surface area contributed by atoms with Gasteiger partial charge in [0, 0.05) is 17.5 Å². The topological polar surface area (TPSA) is 23.5 Å². The molecule has 0 bridgehead atoms. The second kappa shape index (κ2) is 6.89. The standard InChI is InChI=1S/C17H20ClNO/c1-19(2)12-16(20)17(13-7-4-3-5-8-13)14-9-6-10-15(18)11-14/h3-11,16-17,20H,12H2,1-2H3/t16-,17+/m1/s1. The van der Waals surface area contributed by atoms with Crippen LogP contribution in [0.5, 0.6) is 0 Å².